The Hall–Kier alpha value is -5.57. The van der Waals surface area contributed by atoms with E-state index in [4.69, 9.17) is 9.97 Å². The van der Waals surface area contributed by atoms with Crippen LogP contribution in [-0.2, 0) is 42.7 Å². The van der Waals surface area contributed by atoms with Crippen molar-refractivity contribution in [2.45, 2.75) is 121 Å². The van der Waals surface area contributed by atoms with Crippen LogP contribution in [0.1, 0.15) is 122 Å². The Morgan fingerprint density at radius 3 is 1.79 bits per heavy atom. The molecule has 5 heteroatoms. The summed E-state index contributed by atoms with van der Waals surface area (Å²) in [4.78, 5) is 10.9. The summed E-state index contributed by atoms with van der Waals surface area (Å²) in [5.41, 5.74) is 17.5. The van der Waals surface area contributed by atoms with Gasteiger partial charge in [0.2, 0.25) is 0 Å². The van der Waals surface area contributed by atoms with Crippen LogP contribution in [0.15, 0.2) is 140 Å². The molecule has 0 amide bonds. The molecule has 70 heavy (non-hydrogen) atoms. The van der Waals surface area contributed by atoms with Gasteiger partial charge in [-0.05, 0) is 161 Å². The van der Waals surface area contributed by atoms with Gasteiger partial charge in [0.15, 0.2) is 0 Å². The molecule has 7 aliphatic rings. The summed E-state index contributed by atoms with van der Waals surface area (Å²) in [6.45, 7) is 13.6. The van der Waals surface area contributed by atoms with Crippen LogP contribution in [-0.4, -0.2) is 19.6 Å². The van der Waals surface area contributed by atoms with E-state index in [-0.39, 0.29) is 42.7 Å². The molecular weight excluding hydrogens is 1030 g/mol. The number of benzene rings is 6. The van der Waals surface area contributed by atoms with Crippen molar-refractivity contribution in [3.05, 3.63) is 168 Å². The predicted octanol–water partition coefficient (Wildman–Crippen LogP) is 16.4. The van der Waals surface area contributed by atoms with Gasteiger partial charge in [0.05, 0.1) is 22.3 Å². The Kier molecular flexibility index (Phi) is 10.7. The van der Waals surface area contributed by atoms with E-state index in [1.54, 1.807) is 0 Å². The number of nitrogens with zero attached hydrogens (tertiary/aromatic N) is 3. The number of rotatable bonds is 8. The van der Waals surface area contributed by atoms with Crippen molar-refractivity contribution in [1.82, 2.24) is 14.5 Å². The molecule has 356 valence electrons. The van der Waals surface area contributed by atoms with Crippen molar-refractivity contribution in [2.75, 3.05) is 0 Å². The summed E-state index contributed by atoms with van der Waals surface area (Å²) in [6.07, 6.45) is 13.6. The molecule has 0 radical (unpaired) electrons. The molecule has 0 unspecified atom stereocenters. The quantitative estimate of drug-likeness (QED) is 0.154. The number of fused-ring (bicyclic) bond motifs is 1. The van der Waals surface area contributed by atoms with Crippen molar-refractivity contribution < 1.29 is 26.2 Å². The van der Waals surface area contributed by atoms with Gasteiger partial charge < -0.3 is 5.11 Å². The van der Waals surface area contributed by atoms with Crippen molar-refractivity contribution in [3.63, 3.8) is 0 Å². The summed E-state index contributed by atoms with van der Waals surface area (Å²) in [7, 11) is 0. The molecule has 6 bridgehead atoms. The van der Waals surface area contributed by atoms with Gasteiger partial charge in [0, 0.05) is 44.1 Å². The van der Waals surface area contributed by atoms with Crippen molar-refractivity contribution in [3.8, 4) is 67.5 Å². The normalized spacial score (nSPS) is 24.3. The van der Waals surface area contributed by atoms with Crippen molar-refractivity contribution >= 4 is 11.0 Å². The SMILES string of the molecule is CC(C)(C)c1ccc(-n2c(-c3cc(C45CC(C4)C5)cc(C(C)(C)C)c3O)nc3c(-c4[c-]c(-c5cc(-c6ccccc6)ccn5)cc(C56CC7CC(CC(C7)C5)C6)c4)cccc32)c(-c2ccccc2)c1.[Pt]. The molecule has 0 saturated heterocycles. The Morgan fingerprint density at radius 2 is 1.17 bits per heavy atom. The number of hydrogen-bond acceptors (Lipinski definition) is 3. The van der Waals surface area contributed by atoms with E-state index in [0.717, 1.165) is 96.4 Å². The van der Waals surface area contributed by atoms with Crippen LogP contribution in [0, 0.1) is 29.7 Å². The first kappa shape index (κ1) is 45.6. The number of hydrogen-bond donors (Lipinski definition) is 1. The Morgan fingerprint density at radius 1 is 0.557 bits per heavy atom. The van der Waals surface area contributed by atoms with E-state index in [2.05, 4.69) is 186 Å². The Balaban J connectivity index is 0.00000505. The topological polar surface area (TPSA) is 50.9 Å². The zero-order valence-corrected chi connectivity index (χ0v) is 43.8. The van der Waals surface area contributed by atoms with E-state index >= 15 is 0 Å². The monoisotopic (exact) mass is 1100 g/mol. The first-order valence-electron chi connectivity index (χ1n) is 25.9. The van der Waals surface area contributed by atoms with Crippen LogP contribution in [0.5, 0.6) is 5.75 Å². The summed E-state index contributed by atoms with van der Waals surface area (Å²) < 4.78 is 2.37. The number of pyridine rings is 1. The molecule has 0 spiro atoms. The maximum Gasteiger partial charge on any atom is 0.148 e. The standard InChI is InChI=1S/C65H64N3O.Pt/c1-62(2,3)49-20-21-57(53(31-49)45-16-11-8-12-17-45)68-58-19-13-18-52(59(58)67-61(68)54-32-51(65-37-43(38-65)39-65)33-55(60(54)69)63(4,5)6)47-27-48(56-30-46(22-23-66-56)44-14-9-7-10-15-44)29-50(28-47)64-34-40-24-41(35-64)26-42(25-40)36-64;/h7-23,28-33,40-43,69H,24-26,34-39H2,1-6H3;/q-1;. The van der Waals surface area contributed by atoms with Crippen LogP contribution in [0.25, 0.3) is 72.7 Å². The van der Waals surface area contributed by atoms with E-state index in [9.17, 15) is 5.11 Å². The molecular formula is C65H64N3OPt-. The molecule has 7 fully saturated rings. The van der Waals surface area contributed by atoms with Crippen molar-refractivity contribution in [1.29, 1.82) is 0 Å². The molecule has 1 N–H and O–H groups in total. The average molecular weight is 1100 g/mol. The minimum absolute atomic E-state index is 0. The van der Waals surface area contributed by atoms with Gasteiger partial charge in [-0.3, -0.25) is 9.55 Å². The van der Waals surface area contributed by atoms with Gasteiger partial charge in [-0.1, -0.05) is 144 Å². The zero-order chi connectivity index (χ0) is 47.0. The molecule has 8 aromatic rings. The van der Waals surface area contributed by atoms with Crippen molar-refractivity contribution in [2.24, 2.45) is 23.7 Å². The molecule has 7 saturated carbocycles. The minimum atomic E-state index is -0.279. The van der Waals surface area contributed by atoms with Crippen LogP contribution in [0.3, 0.4) is 0 Å². The second-order valence-electron chi connectivity index (χ2n) is 24.4. The second-order valence-corrected chi connectivity index (χ2v) is 24.4. The number of aromatic nitrogens is 3. The molecule has 2 heterocycles. The second kappa shape index (κ2) is 16.5. The molecule has 2 aromatic heterocycles. The third kappa shape index (κ3) is 7.48. The largest absolute Gasteiger partial charge is 0.507 e. The molecule has 4 nitrogen and oxygen atoms in total. The fourth-order valence-corrected chi connectivity index (χ4v) is 14.3. The predicted molar refractivity (Wildman–Crippen MR) is 283 cm³/mol. The summed E-state index contributed by atoms with van der Waals surface area (Å²) in [6, 6.07) is 53.2. The summed E-state index contributed by atoms with van der Waals surface area (Å²) in [5.74, 6) is 4.35. The molecule has 0 aliphatic heterocycles. The van der Waals surface area contributed by atoms with E-state index < -0.39 is 0 Å². The number of aromatic hydroxyl groups is 1. The van der Waals surface area contributed by atoms with Gasteiger partial charge in [-0.15, -0.1) is 29.3 Å². The minimum Gasteiger partial charge on any atom is -0.507 e. The van der Waals surface area contributed by atoms with E-state index in [0.29, 0.717) is 5.75 Å². The number of imidazole rings is 1. The molecule has 15 rings (SSSR count). The number of para-hydroxylation sites is 1. The van der Waals surface area contributed by atoms with Gasteiger partial charge in [0.25, 0.3) is 0 Å². The number of phenolic OH excluding ortho intramolecular Hbond substituents is 1. The first-order chi connectivity index (χ1) is 33.2. The van der Waals surface area contributed by atoms with Gasteiger partial charge in [-0.25, -0.2) is 4.98 Å². The molecule has 0 atom stereocenters. The first-order valence-corrected chi connectivity index (χ1v) is 25.9. The third-order valence-corrected chi connectivity index (χ3v) is 17.6. The molecule has 7 aliphatic carbocycles. The smallest absolute Gasteiger partial charge is 0.148 e. The Labute approximate surface area is 429 Å². The van der Waals surface area contributed by atoms with Crippen LogP contribution < -0.4 is 0 Å². The fourth-order valence-electron chi connectivity index (χ4n) is 14.3. The van der Waals surface area contributed by atoms with Crippen LogP contribution >= 0.6 is 0 Å². The third-order valence-electron chi connectivity index (χ3n) is 17.6. The summed E-state index contributed by atoms with van der Waals surface area (Å²) in [5, 5.41) is 12.8. The summed E-state index contributed by atoms with van der Waals surface area (Å²) >= 11 is 0. The Bertz CT molecular complexity index is 3280. The van der Waals surface area contributed by atoms with E-state index in [1.807, 2.05) is 6.20 Å². The zero-order valence-electron chi connectivity index (χ0n) is 41.6. The van der Waals surface area contributed by atoms with E-state index in [1.165, 1.54) is 80.0 Å². The molecule has 6 aromatic carbocycles. The van der Waals surface area contributed by atoms with Crippen LogP contribution in [0.2, 0.25) is 0 Å². The number of phenols is 1. The van der Waals surface area contributed by atoms with Gasteiger partial charge in [0.1, 0.15) is 11.6 Å². The maximum absolute atomic E-state index is 12.8. The van der Waals surface area contributed by atoms with Gasteiger partial charge >= 0.3 is 0 Å². The van der Waals surface area contributed by atoms with Crippen LogP contribution in [0.4, 0.5) is 0 Å². The average Bonchev–Trinajstić information content (AvgIpc) is 3.70. The maximum atomic E-state index is 12.8. The fraction of sp³-hybridized carbons (Fsp3) is 0.354. The van der Waals surface area contributed by atoms with Gasteiger partial charge in [-0.2, -0.15) is 0 Å².